The van der Waals surface area contributed by atoms with E-state index in [4.69, 9.17) is 4.52 Å². The van der Waals surface area contributed by atoms with Crippen LogP contribution in [0.2, 0.25) is 0 Å². The maximum Gasteiger partial charge on any atom is 0.251 e. The lowest BCUT2D eigenvalue weighted by atomic mass is 10.2. The molecule has 2 aromatic rings. The molecule has 0 spiro atoms. The average Bonchev–Trinajstić information content (AvgIpc) is 3.04. The Morgan fingerprint density at radius 3 is 2.65 bits per heavy atom. The third-order valence-electron chi connectivity index (χ3n) is 4.27. The summed E-state index contributed by atoms with van der Waals surface area (Å²) in [5.41, 5.74) is 1.40. The molecule has 8 heteroatoms. The van der Waals surface area contributed by atoms with Crippen LogP contribution in [0.3, 0.4) is 0 Å². The third kappa shape index (κ3) is 4.92. The van der Waals surface area contributed by atoms with Crippen LogP contribution in [0.1, 0.15) is 21.8 Å². The molecule has 0 atom stereocenters. The molecule has 1 aliphatic rings. The van der Waals surface area contributed by atoms with Gasteiger partial charge in [-0.15, -0.1) is 0 Å². The van der Waals surface area contributed by atoms with Crippen LogP contribution >= 0.6 is 15.9 Å². The van der Waals surface area contributed by atoms with Crippen molar-refractivity contribution in [1.82, 2.24) is 20.3 Å². The molecule has 26 heavy (non-hydrogen) atoms. The fraction of sp³-hybridized carbons (Fsp3) is 0.389. The summed E-state index contributed by atoms with van der Waals surface area (Å²) in [7, 11) is 0. The van der Waals surface area contributed by atoms with E-state index < -0.39 is 0 Å². The van der Waals surface area contributed by atoms with Crippen LogP contribution in [0.5, 0.6) is 0 Å². The number of aryl methyl sites for hydroxylation is 1. The fourth-order valence-electron chi connectivity index (χ4n) is 2.87. The highest BCUT2D eigenvalue weighted by Crippen LogP contribution is 2.12. The molecule has 0 unspecified atom stereocenters. The van der Waals surface area contributed by atoms with Crippen molar-refractivity contribution in [2.45, 2.75) is 13.5 Å². The first-order chi connectivity index (χ1) is 12.5. The van der Waals surface area contributed by atoms with Crippen LogP contribution in [0, 0.1) is 6.92 Å². The number of carbonyl (C=O) groups excluding carboxylic acids is 2. The number of aromatic nitrogens is 1. The minimum atomic E-state index is -0.251. The molecule has 0 bridgehead atoms. The summed E-state index contributed by atoms with van der Waals surface area (Å²) in [5.74, 6) is 0.519. The second-order valence-electron chi connectivity index (χ2n) is 6.28. The number of nitrogens with one attached hydrogen (secondary N) is 1. The Kier molecular flexibility index (Phi) is 6.05. The minimum Gasteiger partial charge on any atom is -0.360 e. The van der Waals surface area contributed by atoms with Gasteiger partial charge in [0.15, 0.2) is 5.76 Å². The average molecular weight is 421 g/mol. The van der Waals surface area contributed by atoms with Crippen LogP contribution < -0.4 is 5.32 Å². The van der Waals surface area contributed by atoms with Crippen LogP contribution in [-0.2, 0) is 11.3 Å². The van der Waals surface area contributed by atoms with Crippen LogP contribution in [-0.4, -0.2) is 59.5 Å². The lowest BCUT2D eigenvalue weighted by molar-refractivity contribution is -0.131. The second kappa shape index (κ2) is 8.46. The Morgan fingerprint density at radius 2 is 2.00 bits per heavy atom. The first-order valence-corrected chi connectivity index (χ1v) is 9.26. The van der Waals surface area contributed by atoms with Crippen LogP contribution in [0.25, 0.3) is 0 Å². The highest BCUT2D eigenvalue weighted by Gasteiger charge is 2.22. The van der Waals surface area contributed by atoms with Gasteiger partial charge in [-0.25, -0.2) is 0 Å². The monoisotopic (exact) mass is 420 g/mol. The number of piperazine rings is 1. The van der Waals surface area contributed by atoms with Crippen molar-refractivity contribution >= 4 is 27.7 Å². The van der Waals surface area contributed by atoms with Crippen molar-refractivity contribution < 1.29 is 14.1 Å². The number of nitrogens with zero attached hydrogens (tertiary/aromatic N) is 3. The van der Waals surface area contributed by atoms with Gasteiger partial charge >= 0.3 is 0 Å². The Hall–Kier alpha value is -2.19. The summed E-state index contributed by atoms with van der Waals surface area (Å²) in [5, 5.41) is 6.58. The SMILES string of the molecule is Cc1cc(CN2CCN(C(=O)CNC(=O)c3cccc(Br)c3)CC2)on1. The van der Waals surface area contributed by atoms with E-state index in [9.17, 15) is 9.59 Å². The van der Waals surface area contributed by atoms with Gasteiger partial charge in [-0.2, -0.15) is 0 Å². The molecule has 7 nitrogen and oxygen atoms in total. The number of benzene rings is 1. The van der Waals surface area contributed by atoms with Crippen LogP contribution in [0.15, 0.2) is 39.3 Å². The zero-order chi connectivity index (χ0) is 18.5. The van der Waals surface area contributed by atoms with Gasteiger partial charge in [0.25, 0.3) is 5.91 Å². The highest BCUT2D eigenvalue weighted by molar-refractivity contribution is 9.10. The predicted octanol–water partition coefficient (Wildman–Crippen LogP) is 1.82. The quantitative estimate of drug-likeness (QED) is 0.797. The molecular formula is C18H21BrN4O3. The van der Waals surface area contributed by atoms with E-state index in [0.29, 0.717) is 25.2 Å². The molecule has 1 aliphatic heterocycles. The van der Waals surface area contributed by atoms with Crippen molar-refractivity contribution in [3.05, 3.63) is 51.8 Å². The Morgan fingerprint density at radius 1 is 1.23 bits per heavy atom. The molecule has 1 saturated heterocycles. The number of hydrogen-bond acceptors (Lipinski definition) is 5. The number of rotatable bonds is 5. The number of halogens is 1. The number of hydrogen-bond donors (Lipinski definition) is 1. The van der Waals surface area contributed by atoms with Gasteiger partial charge in [0.05, 0.1) is 18.8 Å². The molecule has 1 aromatic heterocycles. The van der Waals surface area contributed by atoms with Gasteiger partial charge in [0, 0.05) is 42.3 Å². The van der Waals surface area contributed by atoms with Crippen LogP contribution in [0.4, 0.5) is 0 Å². The van der Waals surface area contributed by atoms with E-state index in [1.165, 1.54) is 0 Å². The summed E-state index contributed by atoms with van der Waals surface area (Å²) < 4.78 is 6.06. The summed E-state index contributed by atoms with van der Waals surface area (Å²) in [6, 6.07) is 9.00. The molecule has 2 amide bonds. The maximum absolute atomic E-state index is 12.3. The van der Waals surface area contributed by atoms with E-state index in [0.717, 1.165) is 29.0 Å². The van der Waals surface area contributed by atoms with E-state index in [1.807, 2.05) is 19.1 Å². The smallest absolute Gasteiger partial charge is 0.251 e. The second-order valence-corrected chi connectivity index (χ2v) is 7.20. The van der Waals surface area contributed by atoms with E-state index in [-0.39, 0.29) is 18.4 Å². The van der Waals surface area contributed by atoms with E-state index in [1.54, 1.807) is 23.1 Å². The summed E-state index contributed by atoms with van der Waals surface area (Å²) >= 11 is 3.33. The van der Waals surface area contributed by atoms with Gasteiger partial charge in [-0.05, 0) is 25.1 Å². The lowest BCUT2D eigenvalue weighted by Gasteiger charge is -2.34. The molecule has 1 aromatic carbocycles. The third-order valence-corrected chi connectivity index (χ3v) is 4.76. The van der Waals surface area contributed by atoms with Crippen molar-refractivity contribution in [2.24, 2.45) is 0 Å². The van der Waals surface area contributed by atoms with Gasteiger partial charge in [-0.1, -0.05) is 27.2 Å². The molecular weight excluding hydrogens is 400 g/mol. The zero-order valence-corrected chi connectivity index (χ0v) is 16.2. The first kappa shape index (κ1) is 18.6. The van der Waals surface area contributed by atoms with Crippen molar-refractivity contribution in [1.29, 1.82) is 0 Å². The standard InChI is InChI=1S/C18H21BrN4O3/c1-13-9-16(26-21-13)12-22-5-7-23(8-6-22)17(24)11-20-18(25)14-3-2-4-15(19)10-14/h2-4,9-10H,5-8,11-12H2,1H3,(H,20,25). The Labute approximate surface area is 160 Å². The minimum absolute atomic E-state index is 0.00659. The molecule has 1 fully saturated rings. The van der Waals surface area contributed by atoms with Crippen molar-refractivity contribution in [2.75, 3.05) is 32.7 Å². The van der Waals surface area contributed by atoms with Crippen molar-refractivity contribution in [3.8, 4) is 0 Å². The first-order valence-electron chi connectivity index (χ1n) is 8.47. The molecule has 1 N–H and O–H groups in total. The fourth-order valence-corrected chi connectivity index (χ4v) is 3.27. The molecule has 0 saturated carbocycles. The van der Waals surface area contributed by atoms with Gasteiger partial charge < -0.3 is 14.7 Å². The number of amides is 2. The summed E-state index contributed by atoms with van der Waals surface area (Å²) in [6.45, 7) is 5.41. The molecule has 2 heterocycles. The number of carbonyl (C=O) groups is 2. The summed E-state index contributed by atoms with van der Waals surface area (Å²) in [6.07, 6.45) is 0. The largest absolute Gasteiger partial charge is 0.360 e. The van der Waals surface area contributed by atoms with Gasteiger partial charge in [0.2, 0.25) is 5.91 Å². The van der Waals surface area contributed by atoms with E-state index >= 15 is 0 Å². The molecule has 138 valence electrons. The van der Waals surface area contributed by atoms with Gasteiger partial charge in [-0.3, -0.25) is 14.5 Å². The lowest BCUT2D eigenvalue weighted by Crippen LogP contribution is -2.50. The normalized spacial score (nSPS) is 15.1. The maximum atomic E-state index is 12.3. The van der Waals surface area contributed by atoms with Gasteiger partial charge in [0.1, 0.15) is 0 Å². The topological polar surface area (TPSA) is 78.7 Å². The summed E-state index contributed by atoms with van der Waals surface area (Å²) in [4.78, 5) is 28.4. The molecule has 3 rings (SSSR count). The predicted molar refractivity (Wildman–Crippen MR) is 99.6 cm³/mol. The highest BCUT2D eigenvalue weighted by atomic mass is 79.9. The van der Waals surface area contributed by atoms with Crippen molar-refractivity contribution in [3.63, 3.8) is 0 Å². The Bertz CT molecular complexity index is 784. The molecule has 0 aliphatic carbocycles. The van der Waals surface area contributed by atoms with E-state index in [2.05, 4.69) is 31.3 Å². The Balaban J connectivity index is 1.42. The zero-order valence-electron chi connectivity index (χ0n) is 14.6. The molecule has 0 radical (unpaired) electrons.